The molecular weight excluding hydrogens is 444 g/mol. The number of carboxylic acids is 1. The molecule has 0 saturated heterocycles. The number of carboxylic acid groups (broad SMARTS) is 1. The van der Waals surface area contributed by atoms with Gasteiger partial charge in [-0.3, -0.25) is 9.59 Å². The van der Waals surface area contributed by atoms with Crippen LogP contribution in [0.4, 0.5) is 4.79 Å². The minimum absolute atomic E-state index is 0.0699. The van der Waals surface area contributed by atoms with Crippen molar-refractivity contribution in [3.8, 4) is 11.1 Å². The molecular formula is C28H36N2O5. The highest BCUT2D eigenvalue weighted by molar-refractivity contribution is 5.86. The number of carbonyl (C=O) groups excluding carboxylic acids is 2. The number of ether oxygens (including phenoxy) is 1. The second-order valence-electron chi connectivity index (χ2n) is 9.36. The van der Waals surface area contributed by atoms with Gasteiger partial charge >= 0.3 is 12.1 Å². The predicted octanol–water partition coefficient (Wildman–Crippen LogP) is 5.09. The number of aliphatic carboxylic acids is 1. The first-order chi connectivity index (χ1) is 16.8. The fourth-order valence-electron chi connectivity index (χ4n) is 4.67. The lowest BCUT2D eigenvalue weighted by atomic mass is 9.98. The van der Waals surface area contributed by atoms with Gasteiger partial charge in [-0.15, -0.1) is 0 Å². The number of nitrogens with one attached hydrogen (secondary N) is 2. The van der Waals surface area contributed by atoms with Crippen LogP contribution < -0.4 is 10.6 Å². The van der Waals surface area contributed by atoms with E-state index in [0.717, 1.165) is 35.1 Å². The Labute approximate surface area is 207 Å². The zero-order valence-electron chi connectivity index (χ0n) is 20.8. The van der Waals surface area contributed by atoms with E-state index >= 15 is 0 Å². The van der Waals surface area contributed by atoms with Crippen LogP contribution in [0.1, 0.15) is 69.9 Å². The average Bonchev–Trinajstić information content (AvgIpc) is 3.15. The number of alkyl carbamates (subject to hydrolysis) is 1. The van der Waals surface area contributed by atoms with E-state index in [2.05, 4.69) is 34.9 Å². The molecule has 3 unspecified atom stereocenters. The number of carbonyl (C=O) groups is 3. The Kier molecular flexibility index (Phi) is 9.29. The minimum atomic E-state index is -0.966. The normalized spacial score (nSPS) is 14.8. The molecule has 3 rings (SSSR count). The Morgan fingerprint density at radius 2 is 1.57 bits per heavy atom. The molecule has 2 aromatic rings. The van der Waals surface area contributed by atoms with Crippen molar-refractivity contribution in [1.29, 1.82) is 0 Å². The molecule has 2 amide bonds. The van der Waals surface area contributed by atoms with E-state index in [1.807, 2.05) is 45.0 Å². The smallest absolute Gasteiger partial charge is 0.407 e. The van der Waals surface area contributed by atoms with Crippen molar-refractivity contribution < 1.29 is 24.2 Å². The maximum absolute atomic E-state index is 13.0. The molecule has 0 aromatic heterocycles. The van der Waals surface area contributed by atoms with Crippen molar-refractivity contribution in [2.75, 3.05) is 6.61 Å². The zero-order chi connectivity index (χ0) is 25.4. The molecule has 0 heterocycles. The first-order valence-electron chi connectivity index (χ1n) is 12.5. The second kappa shape index (κ2) is 12.4. The van der Waals surface area contributed by atoms with E-state index in [4.69, 9.17) is 9.84 Å². The van der Waals surface area contributed by atoms with Crippen LogP contribution >= 0.6 is 0 Å². The van der Waals surface area contributed by atoms with Crippen molar-refractivity contribution in [2.45, 2.75) is 70.9 Å². The fraction of sp³-hybridized carbons (Fsp3) is 0.464. The molecule has 35 heavy (non-hydrogen) atoms. The summed E-state index contributed by atoms with van der Waals surface area (Å²) in [7, 11) is 0. The van der Waals surface area contributed by atoms with Crippen LogP contribution in [0.25, 0.3) is 11.1 Å². The summed E-state index contributed by atoms with van der Waals surface area (Å²) in [6.45, 7) is 6.14. The number of rotatable bonds is 12. The molecule has 0 bridgehead atoms. The summed E-state index contributed by atoms with van der Waals surface area (Å²) in [6.07, 6.45) is 1.79. The third-order valence-electron chi connectivity index (χ3n) is 6.69. The summed E-state index contributed by atoms with van der Waals surface area (Å²) in [4.78, 5) is 37.0. The van der Waals surface area contributed by atoms with Crippen molar-refractivity contribution >= 4 is 18.0 Å². The summed E-state index contributed by atoms with van der Waals surface area (Å²) < 4.78 is 5.63. The van der Waals surface area contributed by atoms with E-state index in [1.54, 1.807) is 0 Å². The number of hydrogen-bond acceptors (Lipinski definition) is 4. The summed E-state index contributed by atoms with van der Waals surface area (Å²) in [5.74, 6) is -1.21. The largest absolute Gasteiger partial charge is 0.481 e. The molecule has 3 atom stereocenters. The number of amides is 2. The lowest BCUT2D eigenvalue weighted by Crippen LogP contribution is -2.50. The van der Waals surface area contributed by atoms with Gasteiger partial charge in [-0.25, -0.2) is 4.79 Å². The Bertz CT molecular complexity index is 992. The molecule has 188 valence electrons. The lowest BCUT2D eigenvalue weighted by molar-refractivity contribution is -0.137. The molecule has 2 aromatic carbocycles. The van der Waals surface area contributed by atoms with Gasteiger partial charge in [0.15, 0.2) is 0 Å². The monoisotopic (exact) mass is 480 g/mol. The van der Waals surface area contributed by atoms with E-state index in [9.17, 15) is 14.4 Å². The van der Waals surface area contributed by atoms with Gasteiger partial charge in [-0.1, -0.05) is 82.1 Å². The SMILES string of the molecule is CCCC(CC(=O)O)NC(=O)C(CC(C)CC)NC(=O)OCC1c2ccccc2-c2ccccc21. The Balaban J connectivity index is 1.67. The topological polar surface area (TPSA) is 105 Å². The van der Waals surface area contributed by atoms with E-state index in [-0.39, 0.29) is 30.8 Å². The van der Waals surface area contributed by atoms with Gasteiger partial charge < -0.3 is 20.5 Å². The van der Waals surface area contributed by atoms with Crippen LogP contribution in [-0.4, -0.2) is 41.8 Å². The number of benzene rings is 2. The highest BCUT2D eigenvalue weighted by atomic mass is 16.5. The van der Waals surface area contributed by atoms with Crippen LogP contribution in [0.3, 0.4) is 0 Å². The quantitative estimate of drug-likeness (QED) is 0.392. The molecule has 1 aliphatic carbocycles. The van der Waals surface area contributed by atoms with Crippen LogP contribution in [0, 0.1) is 5.92 Å². The Hall–Kier alpha value is -3.35. The third kappa shape index (κ3) is 6.84. The number of fused-ring (bicyclic) bond motifs is 3. The van der Waals surface area contributed by atoms with Crippen molar-refractivity contribution in [3.05, 3.63) is 59.7 Å². The highest BCUT2D eigenvalue weighted by Crippen LogP contribution is 2.44. The van der Waals surface area contributed by atoms with Gasteiger partial charge in [0.1, 0.15) is 12.6 Å². The van der Waals surface area contributed by atoms with E-state index in [1.165, 1.54) is 0 Å². The van der Waals surface area contributed by atoms with Crippen LogP contribution in [0.5, 0.6) is 0 Å². The van der Waals surface area contributed by atoms with E-state index in [0.29, 0.717) is 12.8 Å². The van der Waals surface area contributed by atoms with Gasteiger partial charge in [-0.2, -0.15) is 0 Å². The van der Waals surface area contributed by atoms with Crippen molar-refractivity contribution in [3.63, 3.8) is 0 Å². The van der Waals surface area contributed by atoms with Crippen molar-refractivity contribution in [1.82, 2.24) is 10.6 Å². The average molecular weight is 481 g/mol. The van der Waals surface area contributed by atoms with Crippen LogP contribution in [-0.2, 0) is 14.3 Å². The first-order valence-corrected chi connectivity index (χ1v) is 12.5. The first kappa shape index (κ1) is 26.3. The third-order valence-corrected chi connectivity index (χ3v) is 6.69. The molecule has 1 aliphatic rings. The minimum Gasteiger partial charge on any atom is -0.481 e. The van der Waals surface area contributed by atoms with Crippen molar-refractivity contribution in [2.24, 2.45) is 5.92 Å². The van der Waals surface area contributed by atoms with Gasteiger partial charge in [0.25, 0.3) is 0 Å². The molecule has 0 aliphatic heterocycles. The predicted molar refractivity (Wildman–Crippen MR) is 135 cm³/mol. The molecule has 0 fully saturated rings. The summed E-state index contributed by atoms with van der Waals surface area (Å²) >= 11 is 0. The molecule has 0 saturated carbocycles. The standard InChI is InChI=1S/C28H36N2O5/c1-4-10-19(16-26(31)32)29-27(33)25(15-18(3)5-2)30-28(34)35-17-24-22-13-8-6-11-20(22)21-12-7-9-14-23(21)24/h6-9,11-14,18-19,24-25H,4-5,10,15-17H2,1-3H3,(H,29,33)(H,30,34)(H,31,32). The summed E-state index contributed by atoms with van der Waals surface area (Å²) in [5, 5.41) is 14.7. The molecule has 7 heteroatoms. The van der Waals surface area contributed by atoms with Crippen LogP contribution in [0.2, 0.25) is 0 Å². The van der Waals surface area contributed by atoms with Gasteiger partial charge in [0.05, 0.1) is 6.42 Å². The maximum atomic E-state index is 13.0. The Morgan fingerprint density at radius 3 is 2.11 bits per heavy atom. The Morgan fingerprint density at radius 1 is 0.971 bits per heavy atom. The molecule has 0 radical (unpaired) electrons. The molecule has 0 spiro atoms. The number of hydrogen-bond donors (Lipinski definition) is 3. The maximum Gasteiger partial charge on any atom is 0.407 e. The molecule has 3 N–H and O–H groups in total. The highest BCUT2D eigenvalue weighted by Gasteiger charge is 2.30. The van der Waals surface area contributed by atoms with Gasteiger partial charge in [0, 0.05) is 12.0 Å². The fourth-order valence-corrected chi connectivity index (χ4v) is 4.67. The zero-order valence-corrected chi connectivity index (χ0v) is 20.8. The molecule has 7 nitrogen and oxygen atoms in total. The lowest BCUT2D eigenvalue weighted by Gasteiger charge is -2.24. The summed E-state index contributed by atoms with van der Waals surface area (Å²) in [6, 6.07) is 14.9. The van der Waals surface area contributed by atoms with Gasteiger partial charge in [0.2, 0.25) is 5.91 Å². The second-order valence-corrected chi connectivity index (χ2v) is 9.36. The van der Waals surface area contributed by atoms with Gasteiger partial charge in [-0.05, 0) is 41.0 Å². The van der Waals surface area contributed by atoms with Crippen LogP contribution in [0.15, 0.2) is 48.5 Å². The van der Waals surface area contributed by atoms with E-state index < -0.39 is 24.1 Å². The summed E-state index contributed by atoms with van der Waals surface area (Å²) in [5.41, 5.74) is 4.52.